The van der Waals surface area contributed by atoms with E-state index < -0.39 is 16.1 Å². The fourth-order valence-electron chi connectivity index (χ4n) is 3.97. The predicted octanol–water partition coefficient (Wildman–Crippen LogP) is 3.94. The van der Waals surface area contributed by atoms with E-state index in [2.05, 4.69) is 21.1 Å². The maximum atomic E-state index is 12.7. The van der Waals surface area contributed by atoms with Crippen LogP contribution >= 0.6 is 0 Å². The number of amides is 2. The molecule has 0 unspecified atom stereocenters. The van der Waals surface area contributed by atoms with Crippen molar-refractivity contribution in [3.63, 3.8) is 0 Å². The van der Waals surface area contributed by atoms with Crippen LogP contribution in [0, 0.1) is 0 Å². The van der Waals surface area contributed by atoms with Crippen LogP contribution in [0.25, 0.3) is 11.1 Å². The van der Waals surface area contributed by atoms with Gasteiger partial charge in [0.2, 0.25) is 15.9 Å². The summed E-state index contributed by atoms with van der Waals surface area (Å²) >= 11 is 0. The van der Waals surface area contributed by atoms with Crippen molar-refractivity contribution >= 4 is 21.7 Å². The molecule has 2 aromatic carbocycles. The molecule has 0 saturated carbocycles. The van der Waals surface area contributed by atoms with Crippen molar-refractivity contribution in [1.29, 1.82) is 0 Å². The van der Waals surface area contributed by atoms with Crippen molar-refractivity contribution in [3.8, 4) is 17.0 Å². The topological polar surface area (TPSA) is 97.4 Å². The van der Waals surface area contributed by atoms with Gasteiger partial charge in [-0.2, -0.15) is 0 Å². The van der Waals surface area contributed by atoms with Crippen LogP contribution in [0.15, 0.2) is 60.8 Å². The molecule has 7 nitrogen and oxygen atoms in total. The van der Waals surface area contributed by atoms with Crippen LogP contribution < -0.4 is 14.8 Å². The summed E-state index contributed by atoms with van der Waals surface area (Å²) in [7, 11) is -2.25. The SMILES string of the molecule is COc1cc(-c2ccc3c(c2NC(=O)NS(=O)(=O)CCc2ccccc2)CCC3)ccn1. The molecule has 2 amide bonds. The van der Waals surface area contributed by atoms with Crippen molar-refractivity contribution in [2.24, 2.45) is 0 Å². The van der Waals surface area contributed by atoms with Gasteiger partial charge in [-0.25, -0.2) is 22.9 Å². The van der Waals surface area contributed by atoms with Gasteiger partial charge in [-0.15, -0.1) is 0 Å². The molecule has 166 valence electrons. The van der Waals surface area contributed by atoms with Crippen molar-refractivity contribution < 1.29 is 17.9 Å². The molecule has 1 aliphatic carbocycles. The number of sulfonamides is 1. The summed E-state index contributed by atoms with van der Waals surface area (Å²) in [5, 5.41) is 2.81. The fourth-order valence-corrected chi connectivity index (χ4v) is 4.91. The molecule has 0 radical (unpaired) electrons. The summed E-state index contributed by atoms with van der Waals surface area (Å²) in [6.45, 7) is 0. The van der Waals surface area contributed by atoms with Crippen LogP contribution in [0.1, 0.15) is 23.1 Å². The van der Waals surface area contributed by atoms with Crippen molar-refractivity contribution in [2.45, 2.75) is 25.7 Å². The lowest BCUT2D eigenvalue weighted by Gasteiger charge is -2.17. The van der Waals surface area contributed by atoms with E-state index in [9.17, 15) is 13.2 Å². The minimum atomic E-state index is -3.79. The summed E-state index contributed by atoms with van der Waals surface area (Å²) in [6.07, 6.45) is 4.71. The van der Waals surface area contributed by atoms with Gasteiger partial charge >= 0.3 is 6.03 Å². The zero-order chi connectivity index (χ0) is 22.6. The van der Waals surface area contributed by atoms with Crippen molar-refractivity contribution in [1.82, 2.24) is 9.71 Å². The van der Waals surface area contributed by atoms with Gasteiger partial charge in [0.1, 0.15) is 0 Å². The summed E-state index contributed by atoms with van der Waals surface area (Å²) in [5.74, 6) is 0.285. The highest BCUT2D eigenvalue weighted by Gasteiger charge is 2.22. The first kappa shape index (κ1) is 21.8. The van der Waals surface area contributed by atoms with Gasteiger partial charge in [0.15, 0.2) is 0 Å². The van der Waals surface area contributed by atoms with Gasteiger partial charge < -0.3 is 10.1 Å². The average molecular weight is 452 g/mol. The number of hydrogen-bond donors (Lipinski definition) is 2. The number of rotatable bonds is 7. The molecular weight excluding hydrogens is 426 g/mol. The molecule has 8 heteroatoms. The molecule has 1 heterocycles. The Hall–Kier alpha value is -3.39. The number of pyridine rings is 1. The molecule has 0 saturated heterocycles. The van der Waals surface area contributed by atoms with E-state index in [0.29, 0.717) is 18.0 Å². The average Bonchev–Trinajstić information content (AvgIpc) is 3.28. The van der Waals surface area contributed by atoms with Crippen LogP contribution in [0.5, 0.6) is 5.88 Å². The monoisotopic (exact) mass is 451 g/mol. The van der Waals surface area contributed by atoms with Gasteiger partial charge in [0.05, 0.1) is 18.6 Å². The summed E-state index contributed by atoms with van der Waals surface area (Å²) in [4.78, 5) is 16.8. The second kappa shape index (κ2) is 9.40. The zero-order valence-electron chi connectivity index (χ0n) is 17.8. The maximum absolute atomic E-state index is 12.7. The molecular formula is C24H25N3O4S. The van der Waals surface area contributed by atoms with E-state index in [1.807, 2.05) is 42.5 Å². The fraction of sp³-hybridized carbons (Fsp3) is 0.250. The minimum Gasteiger partial charge on any atom is -0.481 e. The number of aryl methyl sites for hydroxylation is 2. The lowest BCUT2D eigenvalue weighted by molar-refractivity contribution is 0.256. The molecule has 4 rings (SSSR count). The standard InChI is InChI=1S/C24H25N3O4S/c1-31-22-16-19(12-14-25-22)21-11-10-18-8-5-9-20(18)23(21)26-24(28)27-32(29,30)15-13-17-6-3-2-4-7-17/h2-4,6-7,10-12,14,16H,5,8-9,13,15H2,1H3,(H2,26,27,28). The molecule has 0 aliphatic heterocycles. The molecule has 0 spiro atoms. The Bertz CT molecular complexity index is 1230. The Kier molecular flexibility index (Phi) is 6.41. The molecule has 1 aromatic heterocycles. The number of benzene rings is 2. The molecule has 1 aliphatic rings. The van der Waals surface area contributed by atoms with Crippen molar-refractivity contribution in [2.75, 3.05) is 18.2 Å². The van der Waals surface area contributed by atoms with Crippen LogP contribution in [0.2, 0.25) is 0 Å². The van der Waals surface area contributed by atoms with Crippen LogP contribution in [-0.4, -0.2) is 32.3 Å². The summed E-state index contributed by atoms with van der Waals surface area (Å²) in [5.41, 5.74) is 5.35. The lowest BCUT2D eigenvalue weighted by Crippen LogP contribution is -2.36. The van der Waals surface area contributed by atoms with Gasteiger partial charge in [-0.05, 0) is 54.0 Å². The van der Waals surface area contributed by atoms with Gasteiger partial charge in [-0.1, -0.05) is 42.5 Å². The number of carbonyl (C=O) groups is 1. The van der Waals surface area contributed by atoms with Crippen molar-refractivity contribution in [3.05, 3.63) is 77.5 Å². The Balaban J connectivity index is 1.55. The Morgan fingerprint density at radius 3 is 2.69 bits per heavy atom. The number of nitrogens with zero attached hydrogens (tertiary/aromatic N) is 1. The molecule has 0 atom stereocenters. The first-order valence-electron chi connectivity index (χ1n) is 10.5. The number of fused-ring (bicyclic) bond motifs is 1. The zero-order valence-corrected chi connectivity index (χ0v) is 18.6. The molecule has 2 N–H and O–H groups in total. The largest absolute Gasteiger partial charge is 0.481 e. The third-order valence-corrected chi connectivity index (χ3v) is 6.76. The summed E-state index contributed by atoms with van der Waals surface area (Å²) < 4.78 is 32.3. The number of carbonyl (C=O) groups excluding carboxylic acids is 1. The molecule has 3 aromatic rings. The molecule has 0 fully saturated rings. The third-order valence-electron chi connectivity index (χ3n) is 5.53. The normalized spacial score (nSPS) is 12.8. The highest BCUT2D eigenvalue weighted by atomic mass is 32.2. The number of urea groups is 1. The Labute approximate surface area is 187 Å². The third kappa shape index (κ3) is 5.08. The van der Waals surface area contributed by atoms with E-state index in [1.54, 1.807) is 19.4 Å². The quantitative estimate of drug-likeness (QED) is 0.567. The molecule has 0 bridgehead atoms. The van der Waals surface area contributed by atoms with Crippen LogP contribution in [0.3, 0.4) is 0 Å². The van der Waals surface area contributed by atoms with E-state index in [0.717, 1.165) is 47.1 Å². The highest BCUT2D eigenvalue weighted by Crippen LogP contribution is 2.38. The van der Waals surface area contributed by atoms with Gasteiger partial charge in [0, 0.05) is 17.8 Å². The highest BCUT2D eigenvalue weighted by molar-refractivity contribution is 7.90. The van der Waals surface area contributed by atoms with Gasteiger partial charge in [-0.3, -0.25) is 0 Å². The van der Waals surface area contributed by atoms with E-state index in [1.165, 1.54) is 0 Å². The maximum Gasteiger partial charge on any atom is 0.332 e. The Morgan fingerprint density at radius 2 is 1.91 bits per heavy atom. The second-order valence-corrected chi connectivity index (χ2v) is 9.52. The van der Waals surface area contributed by atoms with E-state index in [-0.39, 0.29) is 5.75 Å². The number of anilines is 1. The lowest BCUT2D eigenvalue weighted by atomic mass is 9.98. The predicted molar refractivity (Wildman–Crippen MR) is 124 cm³/mol. The van der Waals surface area contributed by atoms with Gasteiger partial charge in [0.25, 0.3) is 0 Å². The first-order valence-corrected chi connectivity index (χ1v) is 12.1. The first-order chi connectivity index (χ1) is 15.4. The number of methoxy groups -OCH3 is 1. The van der Waals surface area contributed by atoms with Crippen LogP contribution in [0.4, 0.5) is 10.5 Å². The number of nitrogens with one attached hydrogen (secondary N) is 2. The summed E-state index contributed by atoms with van der Waals surface area (Å²) in [6, 6.07) is 16.2. The van der Waals surface area contributed by atoms with E-state index in [4.69, 9.17) is 4.74 Å². The minimum absolute atomic E-state index is 0.175. The smallest absolute Gasteiger partial charge is 0.332 e. The van der Waals surface area contributed by atoms with E-state index >= 15 is 0 Å². The Morgan fingerprint density at radius 1 is 1.09 bits per heavy atom. The number of ether oxygens (including phenoxy) is 1. The second-order valence-electron chi connectivity index (χ2n) is 7.68. The van der Waals surface area contributed by atoms with Crippen LogP contribution in [-0.2, 0) is 29.3 Å². The molecule has 32 heavy (non-hydrogen) atoms. The number of hydrogen-bond acceptors (Lipinski definition) is 5. The number of aromatic nitrogens is 1.